The molecule has 1 heterocycles. The highest BCUT2D eigenvalue weighted by molar-refractivity contribution is 5.53. The van der Waals surface area contributed by atoms with Crippen LogP contribution in [0.5, 0.6) is 0 Å². The number of nitrogens with one attached hydrogen (secondary N) is 1. The summed E-state index contributed by atoms with van der Waals surface area (Å²) in [5, 5.41) is 3.32. The molecule has 1 atom stereocenters. The molecule has 0 saturated heterocycles. The summed E-state index contributed by atoms with van der Waals surface area (Å²) in [7, 11) is 1.74. The van der Waals surface area contributed by atoms with Gasteiger partial charge in [-0.1, -0.05) is 18.2 Å². The summed E-state index contributed by atoms with van der Waals surface area (Å²) in [5.41, 5.74) is 2.61. The van der Waals surface area contributed by atoms with Crippen molar-refractivity contribution in [2.45, 2.75) is 19.1 Å². The normalized spacial score (nSPS) is 21.2. The molecule has 0 spiro atoms. The minimum atomic E-state index is 0.194. The number of benzene rings is 1. The van der Waals surface area contributed by atoms with Gasteiger partial charge in [-0.05, 0) is 24.5 Å². The maximum Gasteiger partial charge on any atom is 0.127 e. The van der Waals surface area contributed by atoms with Gasteiger partial charge < -0.3 is 10.1 Å². The van der Waals surface area contributed by atoms with Crippen molar-refractivity contribution in [2.75, 3.05) is 12.4 Å². The molecule has 12 heavy (non-hydrogen) atoms. The third-order valence-corrected chi connectivity index (χ3v) is 2.29. The van der Waals surface area contributed by atoms with Crippen molar-refractivity contribution < 1.29 is 4.74 Å². The lowest BCUT2D eigenvalue weighted by Crippen LogP contribution is -2.26. The van der Waals surface area contributed by atoms with E-state index in [0.717, 1.165) is 12.8 Å². The maximum atomic E-state index is 5.24. The van der Waals surface area contributed by atoms with E-state index in [9.17, 15) is 0 Å². The van der Waals surface area contributed by atoms with E-state index in [1.807, 2.05) is 6.07 Å². The molecule has 1 aromatic rings. The van der Waals surface area contributed by atoms with Crippen LogP contribution in [-0.2, 0) is 11.2 Å². The fourth-order valence-corrected chi connectivity index (χ4v) is 1.59. The van der Waals surface area contributed by atoms with Crippen LogP contribution in [0.4, 0.5) is 5.69 Å². The van der Waals surface area contributed by atoms with E-state index in [1.54, 1.807) is 7.11 Å². The van der Waals surface area contributed by atoms with Gasteiger partial charge in [0.15, 0.2) is 0 Å². The first-order valence-electron chi connectivity index (χ1n) is 4.27. The summed E-state index contributed by atoms with van der Waals surface area (Å²) >= 11 is 0. The van der Waals surface area contributed by atoms with E-state index < -0.39 is 0 Å². The molecule has 2 rings (SSSR count). The average molecular weight is 163 g/mol. The molecular formula is C10H13NO. The fraction of sp³-hybridized carbons (Fsp3) is 0.400. The van der Waals surface area contributed by atoms with Crippen LogP contribution in [0.2, 0.25) is 0 Å². The minimum Gasteiger partial charge on any atom is -0.362 e. The Kier molecular flexibility index (Phi) is 2.00. The summed E-state index contributed by atoms with van der Waals surface area (Å²) in [6, 6.07) is 8.38. The number of para-hydroxylation sites is 1. The van der Waals surface area contributed by atoms with Crippen LogP contribution in [0.15, 0.2) is 24.3 Å². The molecule has 0 radical (unpaired) electrons. The highest BCUT2D eigenvalue weighted by Gasteiger charge is 2.15. The summed E-state index contributed by atoms with van der Waals surface area (Å²) in [6.45, 7) is 0. The zero-order chi connectivity index (χ0) is 8.39. The lowest BCUT2D eigenvalue weighted by molar-refractivity contribution is 0.115. The van der Waals surface area contributed by atoms with E-state index in [4.69, 9.17) is 4.74 Å². The van der Waals surface area contributed by atoms with Gasteiger partial charge in [0, 0.05) is 12.8 Å². The molecule has 1 N–H and O–H groups in total. The zero-order valence-corrected chi connectivity index (χ0v) is 7.21. The average Bonchev–Trinajstić information content (AvgIpc) is 2.17. The number of rotatable bonds is 1. The minimum absolute atomic E-state index is 0.194. The smallest absolute Gasteiger partial charge is 0.127 e. The molecule has 1 aromatic carbocycles. The monoisotopic (exact) mass is 163 g/mol. The van der Waals surface area contributed by atoms with Gasteiger partial charge in [0.1, 0.15) is 6.23 Å². The van der Waals surface area contributed by atoms with Crippen LogP contribution in [-0.4, -0.2) is 13.3 Å². The Bertz CT molecular complexity index is 272. The topological polar surface area (TPSA) is 21.3 Å². The molecule has 1 aliphatic rings. The highest BCUT2D eigenvalue weighted by Crippen LogP contribution is 2.23. The van der Waals surface area contributed by atoms with Crippen molar-refractivity contribution in [3.8, 4) is 0 Å². The van der Waals surface area contributed by atoms with Crippen molar-refractivity contribution in [3.05, 3.63) is 29.8 Å². The molecule has 0 aromatic heterocycles. The van der Waals surface area contributed by atoms with E-state index in [0.29, 0.717) is 0 Å². The quantitative estimate of drug-likeness (QED) is 0.683. The van der Waals surface area contributed by atoms with Crippen molar-refractivity contribution in [2.24, 2.45) is 0 Å². The second-order valence-corrected chi connectivity index (χ2v) is 3.06. The second kappa shape index (κ2) is 3.15. The standard InChI is InChI=1S/C10H13NO/c1-12-10-7-6-8-4-2-3-5-9(8)11-10/h2-5,10-11H,6-7H2,1H3. The number of methoxy groups -OCH3 is 1. The van der Waals surface area contributed by atoms with Gasteiger partial charge in [0.25, 0.3) is 0 Å². The Morgan fingerprint density at radius 2 is 2.25 bits per heavy atom. The Morgan fingerprint density at radius 1 is 1.42 bits per heavy atom. The molecular weight excluding hydrogens is 150 g/mol. The van der Waals surface area contributed by atoms with E-state index >= 15 is 0 Å². The number of ether oxygens (including phenoxy) is 1. The number of fused-ring (bicyclic) bond motifs is 1. The van der Waals surface area contributed by atoms with Gasteiger partial charge in [-0.25, -0.2) is 0 Å². The number of hydrogen-bond donors (Lipinski definition) is 1. The lowest BCUT2D eigenvalue weighted by Gasteiger charge is -2.25. The predicted octanol–water partition coefficient (Wildman–Crippen LogP) is 2.02. The second-order valence-electron chi connectivity index (χ2n) is 3.06. The van der Waals surface area contributed by atoms with Crippen molar-refractivity contribution in [1.82, 2.24) is 0 Å². The fourth-order valence-electron chi connectivity index (χ4n) is 1.59. The summed E-state index contributed by atoms with van der Waals surface area (Å²) < 4.78 is 5.24. The number of anilines is 1. The summed E-state index contributed by atoms with van der Waals surface area (Å²) in [4.78, 5) is 0. The van der Waals surface area contributed by atoms with Gasteiger partial charge in [-0.2, -0.15) is 0 Å². The highest BCUT2D eigenvalue weighted by atomic mass is 16.5. The van der Waals surface area contributed by atoms with Gasteiger partial charge >= 0.3 is 0 Å². The lowest BCUT2D eigenvalue weighted by atomic mass is 10.0. The van der Waals surface area contributed by atoms with Crippen LogP contribution < -0.4 is 5.32 Å². The molecule has 2 heteroatoms. The molecule has 0 saturated carbocycles. The Hall–Kier alpha value is -1.02. The van der Waals surface area contributed by atoms with Crippen molar-refractivity contribution in [3.63, 3.8) is 0 Å². The molecule has 0 fully saturated rings. The Morgan fingerprint density at radius 3 is 3.08 bits per heavy atom. The summed E-state index contributed by atoms with van der Waals surface area (Å²) in [5.74, 6) is 0. The first kappa shape index (κ1) is 7.62. The predicted molar refractivity (Wildman–Crippen MR) is 49.2 cm³/mol. The van der Waals surface area contributed by atoms with Gasteiger partial charge in [-0.15, -0.1) is 0 Å². The SMILES string of the molecule is COC1CCc2ccccc2N1. The van der Waals surface area contributed by atoms with Crippen LogP contribution in [0.3, 0.4) is 0 Å². The van der Waals surface area contributed by atoms with Crippen LogP contribution >= 0.6 is 0 Å². The molecule has 1 aliphatic heterocycles. The molecule has 1 unspecified atom stereocenters. The van der Waals surface area contributed by atoms with Crippen LogP contribution in [0, 0.1) is 0 Å². The number of aryl methyl sites for hydroxylation is 1. The molecule has 2 nitrogen and oxygen atoms in total. The van der Waals surface area contributed by atoms with Crippen LogP contribution in [0.1, 0.15) is 12.0 Å². The van der Waals surface area contributed by atoms with Gasteiger partial charge in [-0.3, -0.25) is 0 Å². The molecule has 0 bridgehead atoms. The van der Waals surface area contributed by atoms with Crippen molar-refractivity contribution >= 4 is 5.69 Å². The van der Waals surface area contributed by atoms with Crippen LogP contribution in [0.25, 0.3) is 0 Å². The largest absolute Gasteiger partial charge is 0.362 e. The van der Waals surface area contributed by atoms with E-state index in [2.05, 4.69) is 23.5 Å². The first-order valence-corrected chi connectivity index (χ1v) is 4.27. The molecule has 0 aliphatic carbocycles. The number of hydrogen-bond acceptors (Lipinski definition) is 2. The first-order chi connectivity index (χ1) is 5.90. The van der Waals surface area contributed by atoms with Gasteiger partial charge in [0.05, 0.1) is 0 Å². The van der Waals surface area contributed by atoms with E-state index in [-0.39, 0.29) is 6.23 Å². The van der Waals surface area contributed by atoms with Gasteiger partial charge in [0.2, 0.25) is 0 Å². The van der Waals surface area contributed by atoms with E-state index in [1.165, 1.54) is 11.3 Å². The third-order valence-electron chi connectivity index (χ3n) is 2.29. The van der Waals surface area contributed by atoms with Crippen molar-refractivity contribution in [1.29, 1.82) is 0 Å². The Balaban J connectivity index is 2.23. The zero-order valence-electron chi connectivity index (χ0n) is 7.21. The maximum absolute atomic E-state index is 5.24. The third kappa shape index (κ3) is 1.30. The molecule has 0 amide bonds. The summed E-state index contributed by atoms with van der Waals surface area (Å²) in [6.07, 6.45) is 2.37. The molecule has 64 valence electrons. The Labute approximate surface area is 72.5 Å².